The largest absolute Gasteiger partial charge is 0.238 e. The number of hydrogen-bond donors (Lipinski definition) is 0. The Morgan fingerprint density at radius 3 is 2.00 bits per heavy atom. The van der Waals surface area contributed by atoms with Crippen molar-refractivity contribution in [3.63, 3.8) is 0 Å². The summed E-state index contributed by atoms with van der Waals surface area (Å²) in [6, 6.07) is 11.4. The van der Waals surface area contributed by atoms with Crippen molar-refractivity contribution in [1.29, 1.82) is 0 Å². The van der Waals surface area contributed by atoms with Gasteiger partial charge in [-0.3, -0.25) is 0 Å². The quantitative estimate of drug-likeness (QED) is 0.607. The molecule has 18 heavy (non-hydrogen) atoms. The molecule has 0 aliphatic rings. The van der Waals surface area contributed by atoms with E-state index < -0.39 is 0 Å². The van der Waals surface area contributed by atoms with Gasteiger partial charge in [-0.2, -0.15) is 0 Å². The molecule has 0 bridgehead atoms. The fourth-order valence-corrected chi connectivity index (χ4v) is 1.96. The zero-order chi connectivity index (χ0) is 13.1. The lowest BCUT2D eigenvalue weighted by Crippen LogP contribution is -1.87. The highest BCUT2D eigenvalue weighted by molar-refractivity contribution is 5.74. The second kappa shape index (κ2) is 4.73. The number of benzene rings is 2. The maximum Gasteiger partial charge on any atom is 0.190 e. The molecule has 2 nitrogen and oxygen atoms in total. The third-order valence-corrected chi connectivity index (χ3v) is 3.19. The zero-order valence-electron chi connectivity index (χ0n) is 10.4. The fraction of sp³-hybridized carbons (Fsp3) is 0.125. The molecule has 0 aliphatic carbocycles. The van der Waals surface area contributed by atoms with Gasteiger partial charge >= 0.3 is 0 Å². The van der Waals surface area contributed by atoms with Crippen LogP contribution in [0, 0.1) is 27.0 Å². The van der Waals surface area contributed by atoms with E-state index in [2.05, 4.69) is 9.69 Å². The van der Waals surface area contributed by atoms with Gasteiger partial charge in [-0.1, -0.05) is 42.0 Å². The summed E-state index contributed by atoms with van der Waals surface area (Å²) in [5, 5.41) is 0. The zero-order valence-corrected chi connectivity index (χ0v) is 10.4. The second-order valence-electron chi connectivity index (χ2n) is 4.15. The van der Waals surface area contributed by atoms with Crippen LogP contribution in [0.5, 0.6) is 0 Å². The van der Waals surface area contributed by atoms with Gasteiger partial charge in [0.25, 0.3) is 0 Å². The summed E-state index contributed by atoms with van der Waals surface area (Å²) in [5.41, 5.74) is 5.70. The van der Waals surface area contributed by atoms with Crippen LogP contribution in [0.2, 0.25) is 0 Å². The molecule has 0 saturated heterocycles. The van der Waals surface area contributed by atoms with Crippen molar-refractivity contribution in [2.75, 3.05) is 0 Å². The Morgan fingerprint density at radius 2 is 1.44 bits per heavy atom. The smallest absolute Gasteiger partial charge is 0.190 e. The molecule has 0 spiro atoms. The van der Waals surface area contributed by atoms with Gasteiger partial charge in [-0.15, -0.1) is 0 Å². The van der Waals surface area contributed by atoms with Crippen LogP contribution < -0.4 is 0 Å². The summed E-state index contributed by atoms with van der Waals surface area (Å²) < 4.78 is 0. The predicted octanol–water partition coefficient (Wildman–Crippen LogP) is 5.07. The van der Waals surface area contributed by atoms with E-state index in [1.807, 2.05) is 50.2 Å². The molecule has 0 heterocycles. The SMILES string of the molecule is [C-]#[N+]c1ccc(-c2ccc([N+]#[C-])c(C)c2C)cc1. The third kappa shape index (κ3) is 1.97. The van der Waals surface area contributed by atoms with Crippen LogP contribution in [-0.4, -0.2) is 0 Å². The summed E-state index contributed by atoms with van der Waals surface area (Å²) in [5.74, 6) is 0. The van der Waals surface area contributed by atoms with Crippen LogP contribution in [0.4, 0.5) is 11.4 Å². The summed E-state index contributed by atoms with van der Waals surface area (Å²) in [7, 11) is 0. The highest BCUT2D eigenvalue weighted by Crippen LogP contribution is 2.32. The van der Waals surface area contributed by atoms with Crippen molar-refractivity contribution in [3.05, 3.63) is 70.4 Å². The van der Waals surface area contributed by atoms with Crippen LogP contribution in [0.3, 0.4) is 0 Å². The Balaban J connectivity index is 2.55. The lowest BCUT2D eigenvalue weighted by Gasteiger charge is -2.10. The third-order valence-electron chi connectivity index (χ3n) is 3.19. The molecular formula is C16H12N2. The van der Waals surface area contributed by atoms with Gasteiger partial charge in [0.05, 0.1) is 13.1 Å². The molecule has 0 saturated carbocycles. The topological polar surface area (TPSA) is 8.72 Å². The minimum absolute atomic E-state index is 0.644. The molecule has 0 amide bonds. The molecular weight excluding hydrogens is 220 g/mol. The first kappa shape index (κ1) is 11.9. The van der Waals surface area contributed by atoms with E-state index in [1.54, 1.807) is 0 Å². The highest BCUT2D eigenvalue weighted by Gasteiger charge is 2.07. The van der Waals surface area contributed by atoms with Crippen LogP contribution in [-0.2, 0) is 0 Å². The molecule has 86 valence electrons. The van der Waals surface area contributed by atoms with Gasteiger partial charge in [0, 0.05) is 0 Å². The molecule has 0 radical (unpaired) electrons. The summed E-state index contributed by atoms with van der Waals surface area (Å²) >= 11 is 0. The molecule has 0 N–H and O–H groups in total. The van der Waals surface area contributed by atoms with E-state index in [1.165, 1.54) is 0 Å². The minimum Gasteiger partial charge on any atom is -0.238 e. The van der Waals surface area contributed by atoms with Crippen molar-refractivity contribution < 1.29 is 0 Å². The molecule has 2 rings (SSSR count). The van der Waals surface area contributed by atoms with Crippen LogP contribution in [0.25, 0.3) is 20.8 Å². The highest BCUT2D eigenvalue weighted by atomic mass is 14.6. The molecule has 0 aliphatic heterocycles. The first-order valence-electron chi connectivity index (χ1n) is 5.63. The number of hydrogen-bond acceptors (Lipinski definition) is 0. The second-order valence-corrected chi connectivity index (χ2v) is 4.15. The van der Waals surface area contributed by atoms with Gasteiger partial charge in [0.15, 0.2) is 11.4 Å². The Bertz CT molecular complexity index is 668. The Morgan fingerprint density at radius 1 is 0.778 bits per heavy atom. The van der Waals surface area contributed by atoms with Crippen molar-refractivity contribution >= 4 is 11.4 Å². The van der Waals surface area contributed by atoms with Crippen LogP contribution in [0.15, 0.2) is 36.4 Å². The van der Waals surface area contributed by atoms with E-state index >= 15 is 0 Å². The van der Waals surface area contributed by atoms with E-state index in [0.717, 1.165) is 22.3 Å². The fourth-order valence-electron chi connectivity index (χ4n) is 1.96. The van der Waals surface area contributed by atoms with Crippen LogP contribution >= 0.6 is 0 Å². The first-order chi connectivity index (χ1) is 8.67. The maximum absolute atomic E-state index is 7.10. The molecule has 0 aromatic heterocycles. The Kier molecular flexibility index (Phi) is 3.13. The summed E-state index contributed by atoms with van der Waals surface area (Å²) in [4.78, 5) is 6.89. The summed E-state index contributed by atoms with van der Waals surface area (Å²) in [6.07, 6.45) is 0. The minimum atomic E-state index is 0.644. The lowest BCUT2D eigenvalue weighted by molar-refractivity contribution is 1.35. The molecule has 0 unspecified atom stereocenters. The van der Waals surface area contributed by atoms with Crippen molar-refractivity contribution in [3.8, 4) is 11.1 Å². The van der Waals surface area contributed by atoms with Gasteiger partial charge < -0.3 is 0 Å². The molecule has 2 aromatic rings. The van der Waals surface area contributed by atoms with E-state index in [9.17, 15) is 0 Å². The van der Waals surface area contributed by atoms with Crippen molar-refractivity contribution in [1.82, 2.24) is 0 Å². The first-order valence-corrected chi connectivity index (χ1v) is 5.63. The Hall–Kier alpha value is -2.58. The average Bonchev–Trinajstić information content (AvgIpc) is 2.42. The molecule has 2 heteroatoms. The Labute approximate surface area is 107 Å². The average molecular weight is 232 g/mol. The lowest BCUT2D eigenvalue weighted by atomic mass is 9.96. The normalized spacial score (nSPS) is 9.56. The van der Waals surface area contributed by atoms with E-state index in [-0.39, 0.29) is 0 Å². The van der Waals surface area contributed by atoms with Crippen molar-refractivity contribution in [2.24, 2.45) is 0 Å². The van der Waals surface area contributed by atoms with E-state index in [4.69, 9.17) is 13.1 Å². The number of rotatable bonds is 1. The predicted molar refractivity (Wildman–Crippen MR) is 73.9 cm³/mol. The van der Waals surface area contributed by atoms with Gasteiger partial charge in [0.2, 0.25) is 0 Å². The van der Waals surface area contributed by atoms with Crippen molar-refractivity contribution in [2.45, 2.75) is 13.8 Å². The monoisotopic (exact) mass is 232 g/mol. The van der Waals surface area contributed by atoms with Gasteiger partial charge in [-0.05, 0) is 30.5 Å². The van der Waals surface area contributed by atoms with Gasteiger partial charge in [0.1, 0.15) is 0 Å². The van der Waals surface area contributed by atoms with Crippen LogP contribution in [0.1, 0.15) is 11.1 Å². The molecule has 0 atom stereocenters. The standard InChI is InChI=1S/C16H12N2/c1-11-12(2)16(18-4)10-9-15(11)13-5-7-14(17-3)8-6-13/h5-10H,1-2H3. The van der Waals surface area contributed by atoms with Gasteiger partial charge in [-0.25, -0.2) is 9.69 Å². The molecule has 0 fully saturated rings. The summed E-state index contributed by atoms with van der Waals surface area (Å²) in [6.45, 7) is 18.0. The molecule has 2 aromatic carbocycles. The number of nitrogens with zero attached hydrogens (tertiary/aromatic N) is 2. The maximum atomic E-state index is 7.10. The van der Waals surface area contributed by atoms with E-state index in [0.29, 0.717) is 11.4 Å².